The highest BCUT2D eigenvalue weighted by molar-refractivity contribution is 5.85. The predicted octanol–water partition coefficient (Wildman–Crippen LogP) is 4.59. The predicted molar refractivity (Wildman–Crippen MR) is 127 cm³/mol. The number of likely N-dealkylation sites (tertiary alicyclic amines) is 1. The van der Waals surface area contributed by atoms with E-state index in [1.165, 1.54) is 19.2 Å². The van der Waals surface area contributed by atoms with Gasteiger partial charge in [-0.3, -0.25) is 14.6 Å². The minimum atomic E-state index is -1.08. The van der Waals surface area contributed by atoms with Gasteiger partial charge >= 0.3 is 6.09 Å². The van der Waals surface area contributed by atoms with Gasteiger partial charge in [-0.25, -0.2) is 9.18 Å². The Bertz CT molecular complexity index is 823. The van der Waals surface area contributed by atoms with Crippen LogP contribution in [0.15, 0.2) is 24.3 Å². The van der Waals surface area contributed by atoms with Crippen LogP contribution in [0.2, 0.25) is 0 Å². The SMILES string of the molecule is C[C@@H](CC(C(=O)N[C@H]1CC[C@@H]2CN(Cc3ccc(F)cc3)C[C@@H]21)N(C)C(=O)O)CC(C)(C)C. The zero-order chi connectivity index (χ0) is 24.3. The molecule has 7 heteroatoms. The molecule has 0 radical (unpaired) electrons. The lowest BCUT2D eigenvalue weighted by atomic mass is 9.82. The molecule has 33 heavy (non-hydrogen) atoms. The fourth-order valence-corrected chi connectivity index (χ4v) is 5.88. The van der Waals surface area contributed by atoms with E-state index in [2.05, 4.69) is 37.9 Å². The Morgan fingerprint density at radius 2 is 1.88 bits per heavy atom. The molecule has 1 aliphatic carbocycles. The molecule has 2 aliphatic rings. The number of hydrogen-bond donors (Lipinski definition) is 2. The van der Waals surface area contributed by atoms with Gasteiger partial charge in [0.05, 0.1) is 0 Å². The van der Waals surface area contributed by atoms with Crippen LogP contribution in [-0.4, -0.2) is 59.1 Å². The van der Waals surface area contributed by atoms with Gasteiger partial charge in [-0.1, -0.05) is 39.8 Å². The molecular weight excluding hydrogens is 421 g/mol. The summed E-state index contributed by atoms with van der Waals surface area (Å²) >= 11 is 0. The van der Waals surface area contributed by atoms with Crippen molar-refractivity contribution in [3.63, 3.8) is 0 Å². The molecule has 1 aliphatic heterocycles. The highest BCUT2D eigenvalue weighted by atomic mass is 19.1. The molecular formula is C26H40FN3O3. The van der Waals surface area contributed by atoms with E-state index in [1.807, 2.05) is 12.1 Å². The molecule has 6 nitrogen and oxygen atoms in total. The fourth-order valence-electron chi connectivity index (χ4n) is 5.88. The second kappa shape index (κ2) is 10.4. The van der Waals surface area contributed by atoms with Crippen molar-refractivity contribution < 1.29 is 19.1 Å². The average molecular weight is 462 g/mol. The Morgan fingerprint density at radius 1 is 1.21 bits per heavy atom. The van der Waals surface area contributed by atoms with E-state index in [4.69, 9.17) is 0 Å². The first-order valence-electron chi connectivity index (χ1n) is 12.2. The maximum Gasteiger partial charge on any atom is 0.407 e. The molecule has 1 aromatic carbocycles. The molecule has 0 aromatic heterocycles. The molecule has 3 rings (SSSR count). The fraction of sp³-hybridized carbons (Fsp3) is 0.692. The van der Waals surface area contributed by atoms with Crippen LogP contribution < -0.4 is 5.32 Å². The first-order chi connectivity index (χ1) is 15.4. The number of likely N-dealkylation sites (N-methyl/N-ethyl adjacent to an activating group) is 1. The maximum atomic E-state index is 13.3. The van der Waals surface area contributed by atoms with E-state index in [9.17, 15) is 19.1 Å². The van der Waals surface area contributed by atoms with Gasteiger partial charge in [0.15, 0.2) is 0 Å². The van der Waals surface area contributed by atoms with Crippen molar-refractivity contribution in [3.8, 4) is 0 Å². The smallest absolute Gasteiger partial charge is 0.407 e. The summed E-state index contributed by atoms with van der Waals surface area (Å²) in [6.45, 7) is 11.2. The molecule has 5 atom stereocenters. The molecule has 1 saturated heterocycles. The van der Waals surface area contributed by atoms with E-state index in [-0.39, 0.29) is 29.1 Å². The van der Waals surface area contributed by atoms with Crippen molar-refractivity contribution in [2.45, 2.75) is 72.0 Å². The van der Waals surface area contributed by atoms with Crippen molar-refractivity contribution in [3.05, 3.63) is 35.6 Å². The van der Waals surface area contributed by atoms with Gasteiger partial charge in [0.2, 0.25) is 5.91 Å². The maximum absolute atomic E-state index is 13.3. The summed E-state index contributed by atoms with van der Waals surface area (Å²) in [5, 5.41) is 12.8. The number of hydrogen-bond acceptors (Lipinski definition) is 3. The molecule has 1 unspecified atom stereocenters. The average Bonchev–Trinajstić information content (AvgIpc) is 3.27. The number of rotatable bonds is 8. The summed E-state index contributed by atoms with van der Waals surface area (Å²) in [4.78, 5) is 28.5. The Hall–Kier alpha value is -2.15. The van der Waals surface area contributed by atoms with Gasteiger partial charge in [0.25, 0.3) is 0 Å². The van der Waals surface area contributed by atoms with Crippen molar-refractivity contribution in [1.82, 2.24) is 15.1 Å². The Labute approximate surface area is 197 Å². The second-order valence-corrected chi connectivity index (χ2v) is 11.5. The molecule has 1 heterocycles. The zero-order valence-electron chi connectivity index (χ0n) is 20.7. The number of carbonyl (C=O) groups excluding carboxylic acids is 1. The van der Waals surface area contributed by atoms with Crippen LogP contribution in [0.5, 0.6) is 0 Å². The van der Waals surface area contributed by atoms with Crippen molar-refractivity contribution in [1.29, 1.82) is 0 Å². The third kappa shape index (κ3) is 6.92. The normalized spacial score (nSPS) is 24.8. The van der Waals surface area contributed by atoms with Gasteiger partial charge < -0.3 is 10.4 Å². The first kappa shape index (κ1) is 25.5. The minimum Gasteiger partial charge on any atom is -0.465 e. The number of amides is 2. The van der Waals surface area contributed by atoms with Gasteiger partial charge in [-0.2, -0.15) is 0 Å². The number of fused-ring (bicyclic) bond motifs is 1. The summed E-state index contributed by atoms with van der Waals surface area (Å²) in [7, 11) is 1.49. The standard InChI is InChI=1S/C26H40FN3O3/c1-17(13-26(2,3)4)12-23(29(5)25(32)33)24(31)28-22-11-8-19-15-30(16-21(19)22)14-18-6-9-20(27)10-7-18/h6-7,9-10,17,19,21-23H,8,11-16H2,1-5H3,(H,28,31)(H,32,33)/t17-,19+,21-,22-,23?/m0/s1. The summed E-state index contributed by atoms with van der Waals surface area (Å²) < 4.78 is 13.2. The lowest BCUT2D eigenvalue weighted by Gasteiger charge is -2.31. The lowest BCUT2D eigenvalue weighted by molar-refractivity contribution is -0.127. The minimum absolute atomic E-state index is 0.0725. The molecule has 0 bridgehead atoms. The summed E-state index contributed by atoms with van der Waals surface area (Å²) in [5.74, 6) is 0.737. The molecule has 2 amide bonds. The number of halogens is 1. The third-order valence-corrected chi connectivity index (χ3v) is 7.24. The van der Waals surface area contributed by atoms with E-state index in [0.29, 0.717) is 18.3 Å². The summed E-state index contributed by atoms with van der Waals surface area (Å²) in [6, 6.07) is 6.03. The van der Waals surface area contributed by atoms with E-state index < -0.39 is 12.1 Å². The number of nitrogens with one attached hydrogen (secondary N) is 1. The number of carbonyl (C=O) groups is 2. The van der Waals surface area contributed by atoms with E-state index in [0.717, 1.165) is 49.4 Å². The molecule has 2 N–H and O–H groups in total. The van der Waals surface area contributed by atoms with Crippen LogP contribution in [-0.2, 0) is 11.3 Å². The largest absolute Gasteiger partial charge is 0.465 e. The molecule has 184 valence electrons. The zero-order valence-corrected chi connectivity index (χ0v) is 20.7. The Balaban J connectivity index is 1.60. The number of benzene rings is 1. The molecule has 1 aromatic rings. The molecule has 2 fully saturated rings. The van der Waals surface area contributed by atoms with Gasteiger partial charge in [0, 0.05) is 32.7 Å². The van der Waals surface area contributed by atoms with Gasteiger partial charge in [-0.05, 0) is 66.5 Å². The highest BCUT2D eigenvalue weighted by Gasteiger charge is 2.44. The van der Waals surface area contributed by atoms with Crippen LogP contribution in [0, 0.1) is 29.0 Å². The van der Waals surface area contributed by atoms with E-state index >= 15 is 0 Å². The van der Waals surface area contributed by atoms with Crippen LogP contribution in [0.25, 0.3) is 0 Å². The van der Waals surface area contributed by atoms with Crippen LogP contribution >= 0.6 is 0 Å². The topological polar surface area (TPSA) is 72.9 Å². The van der Waals surface area contributed by atoms with Crippen molar-refractivity contribution >= 4 is 12.0 Å². The van der Waals surface area contributed by atoms with Crippen LogP contribution in [0.3, 0.4) is 0 Å². The Kier molecular flexibility index (Phi) is 8.04. The lowest BCUT2D eigenvalue weighted by Crippen LogP contribution is -2.52. The van der Waals surface area contributed by atoms with Crippen LogP contribution in [0.4, 0.5) is 9.18 Å². The highest BCUT2D eigenvalue weighted by Crippen LogP contribution is 2.39. The third-order valence-electron chi connectivity index (χ3n) is 7.24. The summed E-state index contributed by atoms with van der Waals surface area (Å²) in [6.07, 6.45) is 2.37. The van der Waals surface area contributed by atoms with Gasteiger partial charge in [0.1, 0.15) is 11.9 Å². The van der Waals surface area contributed by atoms with E-state index in [1.54, 1.807) is 0 Å². The van der Waals surface area contributed by atoms with Gasteiger partial charge in [-0.15, -0.1) is 0 Å². The molecule has 1 saturated carbocycles. The number of carboxylic acid groups (broad SMARTS) is 1. The molecule has 0 spiro atoms. The van der Waals surface area contributed by atoms with Crippen molar-refractivity contribution in [2.75, 3.05) is 20.1 Å². The monoisotopic (exact) mass is 461 g/mol. The first-order valence-corrected chi connectivity index (χ1v) is 12.2. The Morgan fingerprint density at radius 3 is 2.48 bits per heavy atom. The quantitative estimate of drug-likeness (QED) is 0.594. The summed E-state index contributed by atoms with van der Waals surface area (Å²) in [5.41, 5.74) is 1.21. The van der Waals surface area contributed by atoms with Crippen LogP contribution in [0.1, 0.15) is 58.9 Å². The van der Waals surface area contributed by atoms with Crippen molar-refractivity contribution in [2.24, 2.45) is 23.2 Å². The number of nitrogens with zero attached hydrogens (tertiary/aromatic N) is 2. The second-order valence-electron chi connectivity index (χ2n) is 11.5.